The molecule has 0 saturated heterocycles. The summed E-state index contributed by atoms with van der Waals surface area (Å²) in [5.41, 5.74) is 6.83. The third kappa shape index (κ3) is 248. The van der Waals surface area contributed by atoms with Crippen LogP contribution < -0.4 is 0 Å². The first-order valence-corrected chi connectivity index (χ1v) is 30.7. The maximum atomic E-state index is 4.47. The summed E-state index contributed by atoms with van der Waals surface area (Å²) in [6.07, 6.45) is 26.3. The minimum Gasteiger partial charge on any atom is -0.452 e. The molecule has 0 amide bonds. The molecule has 18 nitrogen and oxygen atoms in total. The van der Waals surface area contributed by atoms with E-state index in [1.165, 1.54) is 73.7 Å². The van der Waals surface area contributed by atoms with Gasteiger partial charge in [0.25, 0.3) is 0 Å². The third-order valence-corrected chi connectivity index (χ3v) is 4.66. The Morgan fingerprint density at radius 2 is 0.783 bits per heavy atom. The van der Waals surface area contributed by atoms with Crippen LogP contribution in [0.15, 0.2) is 172 Å². The molecule has 83 heavy (non-hydrogen) atoms. The molecule has 0 bridgehead atoms. The maximum Gasteiger partial charge on any atom is 0.213 e. The van der Waals surface area contributed by atoms with Crippen LogP contribution in [0.3, 0.4) is 0 Å². The van der Waals surface area contributed by atoms with Crippen LogP contribution in [-0.4, -0.2) is 74.8 Å². The Morgan fingerprint density at radius 1 is 0.325 bits per heavy atom. The average molecular weight is 1220 g/mol. The lowest BCUT2D eigenvalue weighted by atomic mass is 10.3. The molecule has 476 valence electrons. The number of hydrogen-bond donors (Lipinski definition) is 1. The fraction of sp³-hybridized carbons (Fsp3) is 0.581. The molecule has 9 aromatic heterocycles. The molecule has 0 spiro atoms. The number of aromatic nitrogens is 15. The second-order valence-corrected chi connectivity index (χ2v) is 24.0. The van der Waals surface area contributed by atoms with E-state index >= 15 is 0 Å². The molecule has 0 aromatic carbocycles. The highest BCUT2D eigenvalue weighted by Crippen LogP contribution is 1.87. The minimum absolute atomic E-state index is 0.833. The molecule has 0 aliphatic rings. The van der Waals surface area contributed by atoms with Crippen LogP contribution in [0.5, 0.6) is 0 Å². The van der Waals surface area contributed by atoms with Crippen molar-refractivity contribution < 1.29 is 13.4 Å². The maximum absolute atomic E-state index is 4.47. The van der Waals surface area contributed by atoms with Crippen LogP contribution in [0.4, 0.5) is 0 Å². The van der Waals surface area contributed by atoms with Gasteiger partial charge in [-0.3, -0.25) is 9.97 Å². The highest BCUT2D eigenvalue weighted by Gasteiger charge is 1.72. The van der Waals surface area contributed by atoms with Crippen LogP contribution >= 0.6 is 34.2 Å². The molecular weight excluding hydrogens is 1100 g/mol. The molecular formula is C62H117N15O3S3. The number of aromatic amines is 1. The number of pyridine rings is 1. The minimum atomic E-state index is 0.833. The highest BCUT2D eigenvalue weighted by atomic mass is 32.1. The number of nitrogens with zero attached hydrogens (tertiary/aromatic N) is 14. The second kappa shape index (κ2) is 92.1. The number of thiazole rings is 1. The van der Waals surface area contributed by atoms with Gasteiger partial charge in [-0.15, -0.1) is 43.1 Å². The lowest BCUT2D eigenvalue weighted by Crippen LogP contribution is -1.66. The van der Waals surface area contributed by atoms with Crippen LogP contribution in [-0.2, 0) is 0 Å². The summed E-state index contributed by atoms with van der Waals surface area (Å²) >= 11 is 4.44. The fourth-order valence-electron chi connectivity index (χ4n) is 1.68. The number of imidazole rings is 1. The van der Waals surface area contributed by atoms with Crippen molar-refractivity contribution in [3.8, 4) is 0 Å². The first kappa shape index (κ1) is 95.9. The van der Waals surface area contributed by atoms with E-state index in [2.05, 4.69) is 275 Å². The topological polar surface area (TPSA) is 236 Å². The molecule has 0 saturated carbocycles. The summed E-state index contributed by atoms with van der Waals surface area (Å²) in [7, 11) is 0. The van der Waals surface area contributed by atoms with Crippen LogP contribution in [0.1, 0.15) is 187 Å². The van der Waals surface area contributed by atoms with E-state index in [1.54, 1.807) is 95.3 Å². The molecule has 9 heterocycles. The van der Waals surface area contributed by atoms with E-state index < -0.39 is 0 Å². The predicted octanol–water partition coefficient (Wildman–Crippen LogP) is 20.0. The molecule has 0 aliphatic heterocycles. The van der Waals surface area contributed by atoms with Crippen molar-refractivity contribution in [3.05, 3.63) is 158 Å². The molecule has 0 radical (unpaired) electrons. The normalized spacial score (nSPS) is 8.43. The number of oxazole rings is 1. The van der Waals surface area contributed by atoms with E-state index in [4.69, 9.17) is 0 Å². The summed E-state index contributed by atoms with van der Waals surface area (Å²) in [5, 5.41) is 18.8. The summed E-state index contributed by atoms with van der Waals surface area (Å²) in [5.74, 6) is 7.50. The zero-order chi connectivity index (χ0) is 65.4. The van der Waals surface area contributed by atoms with Crippen molar-refractivity contribution in [2.75, 3.05) is 0 Å². The van der Waals surface area contributed by atoms with E-state index in [9.17, 15) is 0 Å². The van der Waals surface area contributed by atoms with E-state index in [0.717, 1.165) is 53.3 Å². The van der Waals surface area contributed by atoms with Crippen molar-refractivity contribution in [2.45, 2.75) is 187 Å². The molecule has 9 rings (SSSR count). The fourth-order valence-corrected chi connectivity index (χ4v) is 2.57. The van der Waals surface area contributed by atoms with E-state index in [1.807, 2.05) is 23.6 Å². The Labute approximate surface area is 518 Å². The van der Waals surface area contributed by atoms with Gasteiger partial charge in [0.2, 0.25) is 19.2 Å². The highest BCUT2D eigenvalue weighted by molar-refractivity contribution is 7.07. The second-order valence-electron chi connectivity index (χ2n) is 21.9. The summed E-state index contributed by atoms with van der Waals surface area (Å²) in [6, 6.07) is 7.49. The SMILES string of the molecule is CC(C)C.CC(C)C.CC(C)C.CC(C)C.CC(C)C.CC(C)C.CC(C)C.CC(C)C.CC(C)C.c1c[nH]cn1.c1ccncc1.c1cncnc1.c1cocn1.c1cscn1.c1ncon1.c1ncsn1.c1nnco1.c1nncs1. The van der Waals surface area contributed by atoms with Gasteiger partial charge >= 0.3 is 0 Å². The molecule has 1 N–H and O–H groups in total. The molecule has 21 heteroatoms. The Hall–Kier alpha value is -6.32. The molecule has 0 unspecified atom stereocenters. The summed E-state index contributed by atoms with van der Waals surface area (Å²) in [4.78, 5) is 31.9. The average Bonchev–Trinajstić information content (AvgIpc) is 4.23. The number of H-pyrrole nitrogens is 1. The summed E-state index contributed by atoms with van der Waals surface area (Å²) < 4.78 is 16.7. The van der Waals surface area contributed by atoms with Crippen molar-refractivity contribution in [2.24, 2.45) is 53.3 Å². The van der Waals surface area contributed by atoms with Crippen LogP contribution in [0, 0.1) is 53.3 Å². The Bertz CT molecular complexity index is 1460. The lowest BCUT2D eigenvalue weighted by Gasteiger charge is -1.79. The van der Waals surface area contributed by atoms with Gasteiger partial charge in [-0.1, -0.05) is 198 Å². The first-order chi connectivity index (χ1) is 39.1. The number of nitrogens with one attached hydrogen (secondary N) is 1. The zero-order valence-electron chi connectivity index (χ0n) is 56.4. The standard InChI is InChI=1S/C5H5N.C4H4N2.9C4H10.C3H4N2.C3H3NO.C3H3NS.2C2H2N2O.2C2H2N2S/c1-2-4-6-5-3-1;1-2-5-4-6-3-1;9*1-4(2)3;3*1-2-5-3-4-1;1-3-4-2-5-1;1-3-2-5-4-1;1-3-4-2-5-1;1-3-2-5-4-1/h1-5H;1-4H;9*4H,1-3H3;1-3H,(H,4,5);2*1-3H;4*1-2H. The van der Waals surface area contributed by atoms with Crippen molar-refractivity contribution in [3.63, 3.8) is 0 Å². The Kier molecular flexibility index (Phi) is 106. The van der Waals surface area contributed by atoms with Gasteiger partial charge in [0, 0.05) is 48.8 Å². The van der Waals surface area contributed by atoms with Gasteiger partial charge in [-0.2, -0.15) is 4.37 Å². The predicted molar refractivity (Wildman–Crippen MR) is 356 cm³/mol. The summed E-state index contributed by atoms with van der Waals surface area (Å²) in [6.45, 7) is 58.5. The molecule has 0 fully saturated rings. The Morgan fingerprint density at radius 3 is 0.892 bits per heavy atom. The monoisotopic (exact) mass is 1220 g/mol. The quantitative estimate of drug-likeness (QED) is 0.149. The Balaban J connectivity index is -0.000000100. The largest absolute Gasteiger partial charge is 0.452 e. The lowest BCUT2D eigenvalue weighted by molar-refractivity contribution is 0.416. The van der Waals surface area contributed by atoms with Gasteiger partial charge in [0.15, 0.2) is 12.7 Å². The van der Waals surface area contributed by atoms with Crippen molar-refractivity contribution >= 4 is 34.2 Å². The smallest absolute Gasteiger partial charge is 0.213 e. The molecule has 9 aromatic rings. The van der Waals surface area contributed by atoms with Gasteiger partial charge in [0.1, 0.15) is 35.4 Å². The van der Waals surface area contributed by atoms with Gasteiger partial charge in [-0.25, -0.2) is 29.9 Å². The van der Waals surface area contributed by atoms with Crippen LogP contribution in [0.25, 0.3) is 0 Å². The first-order valence-electron chi connectivity index (χ1n) is 28.0. The van der Waals surface area contributed by atoms with Gasteiger partial charge < -0.3 is 18.3 Å². The number of hydrogen-bond acceptors (Lipinski definition) is 20. The van der Waals surface area contributed by atoms with Crippen LogP contribution in [0.2, 0.25) is 0 Å². The van der Waals surface area contributed by atoms with Crippen molar-refractivity contribution in [1.29, 1.82) is 0 Å². The van der Waals surface area contributed by atoms with Gasteiger partial charge in [0.05, 0.1) is 18.0 Å². The molecule has 0 aliphatic carbocycles. The zero-order valence-corrected chi connectivity index (χ0v) is 58.9. The van der Waals surface area contributed by atoms with E-state index in [-0.39, 0.29) is 0 Å². The number of rotatable bonds is 0. The van der Waals surface area contributed by atoms with E-state index in [0.29, 0.717) is 0 Å². The van der Waals surface area contributed by atoms with Gasteiger partial charge in [-0.05, 0) is 83.0 Å². The molecule has 0 atom stereocenters. The third-order valence-electron chi connectivity index (χ3n) is 3.28. The van der Waals surface area contributed by atoms with Crippen molar-refractivity contribution in [1.82, 2.24) is 74.8 Å².